The van der Waals surface area contributed by atoms with E-state index >= 15 is 0 Å². The average Bonchev–Trinajstić information content (AvgIpc) is 2.77. The highest BCUT2D eigenvalue weighted by Crippen LogP contribution is 2.27. The van der Waals surface area contributed by atoms with Crippen molar-refractivity contribution in [3.63, 3.8) is 0 Å². The summed E-state index contributed by atoms with van der Waals surface area (Å²) in [7, 11) is 0. The van der Waals surface area contributed by atoms with Gasteiger partial charge in [0.15, 0.2) is 0 Å². The van der Waals surface area contributed by atoms with Crippen LogP contribution in [0.5, 0.6) is 5.75 Å². The van der Waals surface area contributed by atoms with Gasteiger partial charge in [-0.15, -0.1) is 12.8 Å². The summed E-state index contributed by atoms with van der Waals surface area (Å²) in [5.41, 5.74) is 0. The molecule has 2 rings (SSSR count). The van der Waals surface area contributed by atoms with Gasteiger partial charge >= 0.3 is 0 Å². The molecule has 0 atom stereocenters. The largest absolute Gasteiger partial charge is 0.508 e. The quantitative estimate of drug-likeness (QED) is 0.613. The van der Waals surface area contributed by atoms with E-state index in [0.717, 1.165) is 0 Å². The van der Waals surface area contributed by atoms with Gasteiger partial charge in [0.05, 0.1) is 0 Å². The Hall–Kier alpha value is -1.11. The topological polar surface area (TPSA) is 23.5 Å². The zero-order valence-electron chi connectivity index (χ0n) is 8.60. The molecular weight excluding hydrogens is 206 g/mol. The van der Waals surface area contributed by atoms with Crippen LogP contribution in [0.4, 0.5) is 0 Å². The maximum Gasteiger partial charge on any atom is 0.115 e. The summed E-state index contributed by atoms with van der Waals surface area (Å²) in [6.45, 7) is 2.37. The van der Waals surface area contributed by atoms with Gasteiger partial charge in [0.2, 0.25) is 0 Å². The van der Waals surface area contributed by atoms with Gasteiger partial charge in [0.1, 0.15) is 5.75 Å². The second-order valence-electron chi connectivity index (χ2n) is 3.22. The van der Waals surface area contributed by atoms with Crippen molar-refractivity contribution in [3.8, 4) is 18.6 Å². The van der Waals surface area contributed by atoms with Gasteiger partial charge in [-0.3, -0.25) is 0 Å². The lowest BCUT2D eigenvalue weighted by Gasteiger charge is -2.12. The number of aromatic hydroxyl groups is 1. The molecule has 0 saturated carbocycles. The van der Waals surface area contributed by atoms with E-state index in [1.165, 1.54) is 30.8 Å². The molecule has 0 radical (unpaired) electrons. The molecule has 0 aliphatic carbocycles. The van der Waals surface area contributed by atoms with Crippen LogP contribution in [-0.4, -0.2) is 22.5 Å². The fraction of sp³-hybridized carbons (Fsp3) is 0.333. The lowest BCUT2D eigenvalue weighted by Crippen LogP contribution is -2.08. The maximum atomic E-state index is 9.09. The van der Waals surface area contributed by atoms with Crippen LogP contribution in [0.3, 0.4) is 0 Å². The number of terminal acetylenes is 1. The Morgan fingerprint density at radius 3 is 2.13 bits per heavy atom. The fourth-order valence-electron chi connectivity index (χ4n) is 1.44. The second kappa shape index (κ2) is 6.39. The van der Waals surface area contributed by atoms with Crippen molar-refractivity contribution in [1.29, 1.82) is 0 Å². The summed E-state index contributed by atoms with van der Waals surface area (Å²) in [5, 5.41) is 9.09. The van der Waals surface area contributed by atoms with E-state index in [-0.39, 0.29) is 0 Å². The smallest absolute Gasteiger partial charge is 0.115 e. The summed E-state index contributed by atoms with van der Waals surface area (Å²) in [5.74, 6) is 0.339. The molecule has 1 N–H and O–H groups in total. The lowest BCUT2D eigenvalue weighted by atomic mass is 10.3. The van der Waals surface area contributed by atoms with Crippen LogP contribution < -0.4 is 0 Å². The van der Waals surface area contributed by atoms with Gasteiger partial charge in [-0.25, -0.2) is 4.31 Å². The highest BCUT2D eigenvalue weighted by Gasteiger charge is 2.12. The third kappa shape index (κ3) is 3.86. The predicted octanol–water partition coefficient (Wildman–Crippen LogP) is 2.74. The monoisotopic (exact) mass is 221 g/mol. The third-order valence-electron chi connectivity index (χ3n) is 2.14. The summed E-state index contributed by atoms with van der Waals surface area (Å²) in [6.07, 6.45) is 10.6. The molecule has 80 valence electrons. The van der Waals surface area contributed by atoms with Crippen molar-refractivity contribution >= 4 is 11.9 Å². The molecule has 15 heavy (non-hydrogen) atoms. The van der Waals surface area contributed by atoms with Gasteiger partial charge < -0.3 is 5.11 Å². The molecular formula is C12H15NOS. The van der Waals surface area contributed by atoms with E-state index in [1.54, 1.807) is 24.1 Å². The number of hydrogen-bond acceptors (Lipinski definition) is 3. The van der Waals surface area contributed by atoms with E-state index in [4.69, 9.17) is 5.11 Å². The number of rotatable bonds is 2. The fourth-order valence-corrected chi connectivity index (χ4v) is 2.43. The van der Waals surface area contributed by atoms with Gasteiger partial charge in [0.25, 0.3) is 0 Å². The molecule has 0 spiro atoms. The molecule has 1 heterocycles. The number of phenolic OH excluding ortho intramolecular Hbond substituents is 1. The van der Waals surface area contributed by atoms with E-state index in [2.05, 4.69) is 17.2 Å². The van der Waals surface area contributed by atoms with Crippen molar-refractivity contribution in [2.24, 2.45) is 0 Å². The number of hydrogen-bond donors (Lipinski definition) is 1. The minimum atomic E-state index is 0.339. The van der Waals surface area contributed by atoms with Crippen molar-refractivity contribution < 1.29 is 5.11 Å². The SMILES string of the molecule is C#C.Oc1ccc(SN2CCCC2)cc1. The highest BCUT2D eigenvalue weighted by molar-refractivity contribution is 7.97. The van der Waals surface area contributed by atoms with Gasteiger partial charge in [0, 0.05) is 18.0 Å². The van der Waals surface area contributed by atoms with Gasteiger partial charge in [-0.05, 0) is 49.1 Å². The van der Waals surface area contributed by atoms with Gasteiger partial charge in [-0.2, -0.15) is 0 Å². The zero-order chi connectivity index (χ0) is 11.1. The molecule has 1 fully saturated rings. The van der Waals surface area contributed by atoms with Gasteiger partial charge in [-0.1, -0.05) is 0 Å². The Bertz CT molecular complexity index is 301. The first kappa shape index (κ1) is 12.0. The van der Waals surface area contributed by atoms with E-state index in [0.29, 0.717) is 5.75 Å². The Kier molecular flexibility index (Phi) is 5.09. The summed E-state index contributed by atoms with van der Waals surface area (Å²) < 4.78 is 2.37. The molecule has 1 aromatic rings. The molecule has 0 aromatic heterocycles. The van der Waals surface area contributed by atoms with Crippen LogP contribution >= 0.6 is 11.9 Å². The summed E-state index contributed by atoms with van der Waals surface area (Å²) in [6, 6.07) is 7.38. The molecule has 1 aromatic carbocycles. The zero-order valence-corrected chi connectivity index (χ0v) is 9.41. The Morgan fingerprint density at radius 1 is 1.07 bits per heavy atom. The van der Waals surface area contributed by atoms with Crippen LogP contribution in [0.15, 0.2) is 29.2 Å². The minimum absolute atomic E-state index is 0.339. The number of benzene rings is 1. The minimum Gasteiger partial charge on any atom is -0.508 e. The Labute approximate surface area is 95.4 Å². The first-order chi connectivity index (χ1) is 7.34. The van der Waals surface area contributed by atoms with Crippen LogP contribution in [0.2, 0.25) is 0 Å². The van der Waals surface area contributed by atoms with E-state index in [9.17, 15) is 0 Å². The van der Waals surface area contributed by atoms with Crippen LogP contribution in [-0.2, 0) is 0 Å². The molecule has 0 bridgehead atoms. The molecule has 1 aliphatic rings. The number of phenols is 1. The predicted molar refractivity (Wildman–Crippen MR) is 64.7 cm³/mol. The first-order valence-electron chi connectivity index (χ1n) is 4.90. The molecule has 2 nitrogen and oxygen atoms in total. The van der Waals surface area contributed by atoms with Crippen molar-refractivity contribution in [3.05, 3.63) is 24.3 Å². The molecule has 0 amide bonds. The first-order valence-corrected chi connectivity index (χ1v) is 5.67. The second-order valence-corrected chi connectivity index (χ2v) is 4.39. The standard InChI is InChI=1S/C10H13NOS.C2H2/c12-9-3-5-10(6-4-9)13-11-7-1-2-8-11;1-2/h3-6,12H,1-2,7-8H2;1-2H. The molecule has 3 heteroatoms. The third-order valence-corrected chi connectivity index (χ3v) is 3.24. The normalized spacial score (nSPS) is 15.6. The molecule has 1 aliphatic heterocycles. The molecule has 0 unspecified atom stereocenters. The molecule has 1 saturated heterocycles. The van der Waals surface area contributed by atoms with Crippen molar-refractivity contribution in [2.75, 3.05) is 13.1 Å². The van der Waals surface area contributed by atoms with E-state index < -0.39 is 0 Å². The summed E-state index contributed by atoms with van der Waals surface area (Å²) >= 11 is 1.78. The van der Waals surface area contributed by atoms with Crippen molar-refractivity contribution in [2.45, 2.75) is 17.7 Å². The van der Waals surface area contributed by atoms with Crippen LogP contribution in [0.25, 0.3) is 0 Å². The average molecular weight is 221 g/mol. The lowest BCUT2D eigenvalue weighted by molar-refractivity contribution is 0.475. The Balaban J connectivity index is 0.000000531. The Morgan fingerprint density at radius 2 is 1.60 bits per heavy atom. The maximum absolute atomic E-state index is 9.09. The van der Waals surface area contributed by atoms with E-state index in [1.807, 2.05) is 12.1 Å². The summed E-state index contributed by atoms with van der Waals surface area (Å²) in [4.78, 5) is 1.21. The number of nitrogens with zero attached hydrogens (tertiary/aromatic N) is 1. The van der Waals surface area contributed by atoms with Crippen LogP contribution in [0.1, 0.15) is 12.8 Å². The van der Waals surface area contributed by atoms with Crippen molar-refractivity contribution in [1.82, 2.24) is 4.31 Å². The van der Waals surface area contributed by atoms with Crippen LogP contribution in [0, 0.1) is 12.8 Å². The highest BCUT2D eigenvalue weighted by atomic mass is 32.2.